The van der Waals surface area contributed by atoms with Gasteiger partial charge in [-0.15, -0.1) is 0 Å². The van der Waals surface area contributed by atoms with Crippen LogP contribution >= 0.6 is 0 Å². The first-order valence-electron chi connectivity index (χ1n) is 23.0. The van der Waals surface area contributed by atoms with Gasteiger partial charge in [0.1, 0.15) is 42.3 Å². The number of carboxylic acid groups (broad SMARTS) is 1. The number of carboxylic acids is 1. The van der Waals surface area contributed by atoms with Gasteiger partial charge >= 0.3 is 5.97 Å². The Bertz CT molecular complexity index is 1810. The van der Waals surface area contributed by atoms with Crippen molar-refractivity contribution in [3.8, 4) is 0 Å². The standard InChI is InChI=1S/C45H72N10O11/c1-26(2)21-32(41(61)53-34(45(65)66)22-27(3)4)51-43(63)35(25-56)54-42(62)33(23-29-13-7-6-8-14-29)52-40(60)31(15-9-10-18-46)50-38(58)28(5)49-44(64)36-17-12-20-55(36)37(57)24-48-39(59)30-16-11-19-47-30/h6-8,13-14,26-28,30-36,47,56H,9-12,15-25,46H2,1-5H3,(H,48,59)(H,49,64)(H,50,58)(H,51,63)(H,52,60)(H,53,61)(H,54,62)(H,65,66)/t28-,30-,31-,32-,33-,34-,35-,36-/m0/s1. The number of nitrogens with one attached hydrogen (secondary N) is 8. The van der Waals surface area contributed by atoms with Crippen molar-refractivity contribution in [1.82, 2.24) is 47.4 Å². The van der Waals surface area contributed by atoms with E-state index in [2.05, 4.69) is 42.5 Å². The maximum absolute atomic E-state index is 14.0. The third kappa shape index (κ3) is 18.0. The summed E-state index contributed by atoms with van der Waals surface area (Å²) in [7, 11) is 0. The first kappa shape index (κ1) is 54.7. The van der Waals surface area contributed by atoms with Gasteiger partial charge in [-0.05, 0) is 95.2 Å². The number of unbranched alkanes of at least 4 members (excludes halogenated alkanes) is 1. The molecule has 21 heteroatoms. The van der Waals surface area contributed by atoms with Crippen molar-refractivity contribution in [2.75, 3.05) is 32.8 Å². The van der Waals surface area contributed by atoms with E-state index in [9.17, 15) is 53.4 Å². The lowest BCUT2D eigenvalue weighted by molar-refractivity contribution is -0.143. The summed E-state index contributed by atoms with van der Waals surface area (Å²) in [6.45, 7) is 8.77. The molecule has 0 saturated carbocycles. The molecule has 0 bridgehead atoms. The number of rotatable bonds is 27. The second-order valence-corrected chi connectivity index (χ2v) is 17.9. The van der Waals surface area contributed by atoms with Crippen LogP contribution in [-0.2, 0) is 49.6 Å². The summed E-state index contributed by atoms with van der Waals surface area (Å²) in [4.78, 5) is 121. The first-order chi connectivity index (χ1) is 31.3. The molecule has 0 aliphatic carbocycles. The van der Waals surface area contributed by atoms with Crippen molar-refractivity contribution >= 4 is 53.2 Å². The number of carbonyl (C=O) groups is 9. The van der Waals surface area contributed by atoms with Gasteiger partial charge in [-0.1, -0.05) is 58.0 Å². The van der Waals surface area contributed by atoms with Crippen molar-refractivity contribution in [2.45, 2.75) is 147 Å². The summed E-state index contributed by atoms with van der Waals surface area (Å²) >= 11 is 0. The van der Waals surface area contributed by atoms with Gasteiger partial charge in [0.2, 0.25) is 47.3 Å². The highest BCUT2D eigenvalue weighted by molar-refractivity contribution is 5.98. The lowest BCUT2D eigenvalue weighted by Crippen LogP contribution is -2.60. The Kier molecular flexibility index (Phi) is 23.0. The molecule has 2 fully saturated rings. The molecule has 0 spiro atoms. The van der Waals surface area contributed by atoms with Crippen molar-refractivity contribution in [1.29, 1.82) is 0 Å². The molecule has 12 N–H and O–H groups in total. The van der Waals surface area contributed by atoms with Gasteiger partial charge in [-0.3, -0.25) is 38.4 Å². The smallest absolute Gasteiger partial charge is 0.326 e. The number of hydrogen-bond donors (Lipinski definition) is 11. The number of carbonyl (C=O) groups excluding carboxylic acids is 8. The zero-order valence-electron chi connectivity index (χ0n) is 38.9. The Morgan fingerprint density at radius 2 is 1.27 bits per heavy atom. The zero-order valence-corrected chi connectivity index (χ0v) is 38.9. The van der Waals surface area contributed by atoms with E-state index in [1.54, 1.807) is 58.0 Å². The largest absolute Gasteiger partial charge is 0.480 e. The molecule has 2 heterocycles. The molecule has 2 aliphatic heterocycles. The fourth-order valence-electron chi connectivity index (χ4n) is 7.81. The SMILES string of the molecule is CC(C)C[C@H](NC(=O)[C@H](CC(C)C)NC(=O)[C@H](CO)NC(=O)[C@H](Cc1ccccc1)NC(=O)[C@H](CCCCN)NC(=O)[C@H](C)NC(=O)[C@@H]1CCCN1C(=O)CNC(=O)[C@@H]1CCCN1)C(=O)O. The van der Waals surface area contributed by atoms with Gasteiger partial charge in [0, 0.05) is 13.0 Å². The number of likely N-dealkylation sites (tertiary alicyclic amines) is 1. The number of aliphatic hydroxyl groups excluding tert-OH is 1. The maximum Gasteiger partial charge on any atom is 0.326 e. The molecular weight excluding hydrogens is 857 g/mol. The highest BCUT2D eigenvalue weighted by Gasteiger charge is 2.37. The number of aliphatic hydroxyl groups is 1. The minimum atomic E-state index is -1.59. The molecule has 1 aromatic rings. The van der Waals surface area contributed by atoms with E-state index in [0.29, 0.717) is 57.3 Å². The summed E-state index contributed by atoms with van der Waals surface area (Å²) in [6.07, 6.45) is 3.60. The van der Waals surface area contributed by atoms with Gasteiger partial charge in [-0.25, -0.2) is 4.79 Å². The molecule has 3 rings (SSSR count). The molecule has 0 aromatic heterocycles. The Morgan fingerprint density at radius 3 is 1.88 bits per heavy atom. The number of benzene rings is 1. The van der Waals surface area contributed by atoms with E-state index in [1.165, 1.54) is 11.8 Å². The van der Waals surface area contributed by atoms with Crippen LogP contribution in [0.15, 0.2) is 30.3 Å². The summed E-state index contributed by atoms with van der Waals surface area (Å²) in [6, 6.07) is -0.330. The molecule has 2 aliphatic rings. The van der Waals surface area contributed by atoms with Gasteiger partial charge in [0.05, 0.1) is 19.2 Å². The van der Waals surface area contributed by atoms with Crippen LogP contribution in [-0.4, -0.2) is 149 Å². The second-order valence-electron chi connectivity index (χ2n) is 17.9. The van der Waals surface area contributed by atoms with Crippen LogP contribution in [0.4, 0.5) is 0 Å². The van der Waals surface area contributed by atoms with E-state index < -0.39 is 96.2 Å². The van der Waals surface area contributed by atoms with E-state index in [4.69, 9.17) is 5.73 Å². The average molecular weight is 929 g/mol. The lowest BCUT2D eigenvalue weighted by Gasteiger charge is -2.28. The maximum atomic E-state index is 14.0. The summed E-state index contributed by atoms with van der Waals surface area (Å²) < 4.78 is 0. The van der Waals surface area contributed by atoms with E-state index in [1.807, 2.05) is 0 Å². The van der Waals surface area contributed by atoms with Crippen LogP contribution in [0.25, 0.3) is 0 Å². The minimum absolute atomic E-state index is 0.0584. The Balaban J connectivity index is 1.73. The number of hydrogen-bond acceptors (Lipinski definition) is 12. The predicted octanol–water partition coefficient (Wildman–Crippen LogP) is -1.68. The van der Waals surface area contributed by atoms with Gasteiger partial charge in [0.25, 0.3) is 0 Å². The molecule has 0 radical (unpaired) electrons. The molecule has 8 amide bonds. The molecule has 66 heavy (non-hydrogen) atoms. The molecule has 8 atom stereocenters. The monoisotopic (exact) mass is 929 g/mol. The third-order valence-corrected chi connectivity index (χ3v) is 11.4. The van der Waals surface area contributed by atoms with Crippen molar-refractivity contribution in [2.24, 2.45) is 17.6 Å². The highest BCUT2D eigenvalue weighted by Crippen LogP contribution is 2.18. The van der Waals surface area contributed by atoms with E-state index in [0.717, 1.165) is 6.42 Å². The second kappa shape index (κ2) is 27.7. The third-order valence-electron chi connectivity index (χ3n) is 11.4. The number of amides is 8. The fraction of sp³-hybridized carbons (Fsp3) is 0.667. The molecule has 2 saturated heterocycles. The topological polar surface area (TPSA) is 320 Å². The fourth-order valence-corrected chi connectivity index (χ4v) is 7.81. The molecular formula is C45H72N10O11. The van der Waals surface area contributed by atoms with Gasteiger partial charge < -0.3 is 63.4 Å². The van der Waals surface area contributed by atoms with Crippen molar-refractivity contribution < 1.29 is 53.4 Å². The summed E-state index contributed by atoms with van der Waals surface area (Å²) in [5.41, 5.74) is 6.35. The van der Waals surface area contributed by atoms with Crippen molar-refractivity contribution in [3.63, 3.8) is 0 Å². The van der Waals surface area contributed by atoms with Crippen molar-refractivity contribution in [3.05, 3.63) is 35.9 Å². The van der Waals surface area contributed by atoms with Gasteiger partial charge in [0.15, 0.2) is 0 Å². The van der Waals surface area contributed by atoms with Crippen LogP contribution in [0.5, 0.6) is 0 Å². The van der Waals surface area contributed by atoms with Crippen LogP contribution in [0.1, 0.15) is 98.0 Å². The molecule has 368 valence electrons. The summed E-state index contributed by atoms with van der Waals surface area (Å²) in [5, 5.41) is 41.2. The average Bonchev–Trinajstić information content (AvgIpc) is 4.00. The number of aliphatic carboxylic acids is 1. The molecule has 1 aromatic carbocycles. The Hall–Kier alpha value is -5.67. The lowest BCUT2D eigenvalue weighted by atomic mass is 10.00. The first-order valence-corrected chi connectivity index (χ1v) is 23.0. The normalized spacial score (nSPS) is 18.5. The molecule has 21 nitrogen and oxygen atoms in total. The highest BCUT2D eigenvalue weighted by atomic mass is 16.4. The van der Waals surface area contributed by atoms with E-state index in [-0.39, 0.29) is 56.0 Å². The van der Waals surface area contributed by atoms with Crippen LogP contribution < -0.4 is 48.3 Å². The van der Waals surface area contributed by atoms with E-state index >= 15 is 0 Å². The predicted molar refractivity (Wildman–Crippen MR) is 243 cm³/mol. The zero-order chi connectivity index (χ0) is 48.9. The van der Waals surface area contributed by atoms with Gasteiger partial charge in [-0.2, -0.15) is 0 Å². The summed E-state index contributed by atoms with van der Waals surface area (Å²) in [5.74, 6) is -6.74. The number of nitrogens with two attached hydrogens (primary N) is 1. The number of nitrogens with zero attached hydrogens (tertiary/aromatic N) is 1. The molecule has 0 unspecified atom stereocenters. The van der Waals surface area contributed by atoms with Crippen LogP contribution in [0.3, 0.4) is 0 Å². The Morgan fingerprint density at radius 1 is 0.697 bits per heavy atom. The van der Waals surface area contributed by atoms with Crippen LogP contribution in [0.2, 0.25) is 0 Å². The Labute approximate surface area is 386 Å². The van der Waals surface area contributed by atoms with Crippen LogP contribution in [0, 0.1) is 11.8 Å². The minimum Gasteiger partial charge on any atom is -0.480 e. The quantitative estimate of drug-likeness (QED) is 0.0440.